The molecule has 3 rings (SSSR count). The molecule has 9 nitrogen and oxygen atoms in total. The van der Waals surface area contributed by atoms with Crippen LogP contribution in [0.5, 0.6) is 5.75 Å². The summed E-state index contributed by atoms with van der Waals surface area (Å²) in [7, 11) is 1.60. The van der Waals surface area contributed by atoms with E-state index in [4.69, 9.17) is 19.1 Å². The first-order chi connectivity index (χ1) is 13.1. The number of carbonyl (C=O) groups excluding carboxylic acids is 1. The highest BCUT2D eigenvalue weighted by Crippen LogP contribution is 2.20. The number of carboxylic acids is 1. The molecule has 1 amide bonds. The van der Waals surface area contributed by atoms with Crippen molar-refractivity contribution in [2.24, 2.45) is 0 Å². The van der Waals surface area contributed by atoms with Gasteiger partial charge in [0.15, 0.2) is 6.10 Å². The van der Waals surface area contributed by atoms with Crippen molar-refractivity contribution in [1.82, 2.24) is 15.0 Å². The smallest absolute Gasteiger partial charge is 0.334 e. The van der Waals surface area contributed by atoms with Gasteiger partial charge in [-0.1, -0.05) is 5.16 Å². The van der Waals surface area contributed by atoms with E-state index in [-0.39, 0.29) is 25.5 Å². The number of amides is 1. The molecule has 1 aliphatic heterocycles. The van der Waals surface area contributed by atoms with E-state index in [2.05, 4.69) is 10.1 Å². The van der Waals surface area contributed by atoms with Crippen molar-refractivity contribution in [2.45, 2.75) is 25.4 Å². The zero-order valence-electron chi connectivity index (χ0n) is 15.0. The van der Waals surface area contributed by atoms with Gasteiger partial charge in [-0.3, -0.25) is 4.79 Å². The van der Waals surface area contributed by atoms with Crippen LogP contribution in [0.1, 0.15) is 18.7 Å². The van der Waals surface area contributed by atoms with Crippen molar-refractivity contribution in [3.05, 3.63) is 30.2 Å². The molecule has 2 aromatic rings. The molecular formula is C18H21N3O6. The van der Waals surface area contributed by atoms with Crippen molar-refractivity contribution >= 4 is 11.9 Å². The number of carboxylic acid groups (broad SMARTS) is 1. The van der Waals surface area contributed by atoms with Crippen LogP contribution in [0.2, 0.25) is 0 Å². The standard InChI is InChI=1S/C18H21N3O6/c1-25-13-7-5-12(6-8-13)17-19-15(27-20-17)3-2-4-16(22)21-9-10-26-14(11-21)18(23)24/h5-8,14H,2-4,9-11H2,1H3,(H,23,24)/t14-/m1/s1. The Morgan fingerprint density at radius 1 is 1.33 bits per heavy atom. The first kappa shape index (κ1) is 18.8. The molecule has 0 radical (unpaired) electrons. The lowest BCUT2D eigenvalue weighted by Crippen LogP contribution is -2.48. The van der Waals surface area contributed by atoms with Crippen LogP contribution in [-0.4, -0.2) is 64.9 Å². The summed E-state index contributed by atoms with van der Waals surface area (Å²) in [4.78, 5) is 29.1. The molecule has 1 aliphatic rings. The molecule has 2 heterocycles. The van der Waals surface area contributed by atoms with Crippen molar-refractivity contribution in [1.29, 1.82) is 0 Å². The monoisotopic (exact) mass is 375 g/mol. The molecule has 1 aromatic heterocycles. The molecule has 1 aromatic carbocycles. The molecule has 0 bridgehead atoms. The summed E-state index contributed by atoms with van der Waals surface area (Å²) in [5, 5.41) is 12.9. The van der Waals surface area contributed by atoms with Gasteiger partial charge in [-0.15, -0.1) is 0 Å². The minimum absolute atomic E-state index is 0.0797. The number of hydrogen-bond donors (Lipinski definition) is 1. The highest BCUT2D eigenvalue weighted by molar-refractivity contribution is 5.78. The Labute approximate surface area is 155 Å². The minimum atomic E-state index is -1.05. The Balaban J connectivity index is 1.48. The third kappa shape index (κ3) is 4.82. The third-order valence-electron chi connectivity index (χ3n) is 4.29. The second kappa shape index (κ2) is 8.63. The fraction of sp³-hybridized carbons (Fsp3) is 0.444. The molecule has 144 valence electrons. The Hall–Kier alpha value is -2.94. The molecular weight excluding hydrogens is 354 g/mol. The Morgan fingerprint density at radius 3 is 2.81 bits per heavy atom. The Bertz CT molecular complexity index is 789. The van der Waals surface area contributed by atoms with E-state index >= 15 is 0 Å². The van der Waals surface area contributed by atoms with Crippen LogP contribution in [-0.2, 0) is 20.7 Å². The van der Waals surface area contributed by atoms with Crippen LogP contribution in [0.4, 0.5) is 0 Å². The van der Waals surface area contributed by atoms with Crippen LogP contribution < -0.4 is 4.74 Å². The van der Waals surface area contributed by atoms with E-state index in [0.29, 0.717) is 31.1 Å². The number of aromatic nitrogens is 2. The number of benzene rings is 1. The maximum absolute atomic E-state index is 12.2. The first-order valence-corrected chi connectivity index (χ1v) is 8.66. The number of carbonyl (C=O) groups is 2. The SMILES string of the molecule is COc1ccc(-c2noc(CCCC(=O)N3CCO[C@@H](C(=O)O)C3)n2)cc1. The molecule has 0 aliphatic carbocycles. The van der Waals surface area contributed by atoms with Crippen LogP contribution in [0, 0.1) is 0 Å². The van der Waals surface area contributed by atoms with Crippen molar-refractivity contribution in [2.75, 3.05) is 26.8 Å². The summed E-state index contributed by atoms with van der Waals surface area (Å²) in [6, 6.07) is 7.32. The maximum Gasteiger partial charge on any atom is 0.334 e. The average molecular weight is 375 g/mol. The van der Waals surface area contributed by atoms with Gasteiger partial charge in [0.05, 0.1) is 20.3 Å². The molecule has 9 heteroatoms. The summed E-state index contributed by atoms with van der Waals surface area (Å²) < 4.78 is 15.5. The summed E-state index contributed by atoms with van der Waals surface area (Å²) >= 11 is 0. The quantitative estimate of drug-likeness (QED) is 0.772. The third-order valence-corrected chi connectivity index (χ3v) is 4.29. The molecule has 1 atom stereocenters. The van der Waals surface area contributed by atoms with E-state index in [1.54, 1.807) is 7.11 Å². The van der Waals surface area contributed by atoms with E-state index in [0.717, 1.165) is 11.3 Å². The molecule has 0 unspecified atom stereocenters. The van der Waals surface area contributed by atoms with Gasteiger partial charge in [0.2, 0.25) is 17.6 Å². The number of nitrogens with zero attached hydrogens (tertiary/aromatic N) is 3. The normalized spacial score (nSPS) is 16.9. The molecule has 1 saturated heterocycles. The molecule has 1 N–H and O–H groups in total. The number of methoxy groups -OCH3 is 1. The predicted molar refractivity (Wildman–Crippen MR) is 93.2 cm³/mol. The highest BCUT2D eigenvalue weighted by Gasteiger charge is 2.28. The van der Waals surface area contributed by atoms with Crippen LogP contribution >= 0.6 is 0 Å². The van der Waals surface area contributed by atoms with Crippen LogP contribution in [0.15, 0.2) is 28.8 Å². The first-order valence-electron chi connectivity index (χ1n) is 8.66. The van der Waals surface area contributed by atoms with Crippen molar-refractivity contribution < 1.29 is 28.7 Å². The largest absolute Gasteiger partial charge is 0.497 e. The number of hydrogen-bond acceptors (Lipinski definition) is 7. The topological polar surface area (TPSA) is 115 Å². The number of aryl methyl sites for hydroxylation is 1. The second-order valence-corrected chi connectivity index (χ2v) is 6.13. The lowest BCUT2D eigenvalue weighted by Gasteiger charge is -2.30. The molecule has 0 spiro atoms. The maximum atomic E-state index is 12.2. The van der Waals surface area contributed by atoms with E-state index in [9.17, 15) is 9.59 Å². The average Bonchev–Trinajstić information content (AvgIpc) is 3.17. The van der Waals surface area contributed by atoms with E-state index in [1.807, 2.05) is 24.3 Å². The number of ether oxygens (including phenoxy) is 2. The van der Waals surface area contributed by atoms with Gasteiger partial charge >= 0.3 is 5.97 Å². The van der Waals surface area contributed by atoms with Gasteiger partial charge in [-0.25, -0.2) is 4.79 Å². The Kier molecular flexibility index (Phi) is 6.02. The summed E-state index contributed by atoms with van der Waals surface area (Å²) in [6.07, 6.45) is 0.345. The van der Waals surface area contributed by atoms with Gasteiger partial charge in [0, 0.05) is 24.9 Å². The lowest BCUT2D eigenvalue weighted by atomic mass is 10.2. The molecule has 27 heavy (non-hydrogen) atoms. The van der Waals surface area contributed by atoms with Gasteiger partial charge in [0.1, 0.15) is 5.75 Å². The summed E-state index contributed by atoms with van der Waals surface area (Å²) in [5.41, 5.74) is 0.815. The Morgan fingerprint density at radius 2 is 2.11 bits per heavy atom. The van der Waals surface area contributed by atoms with Gasteiger partial charge < -0.3 is 24.0 Å². The highest BCUT2D eigenvalue weighted by atomic mass is 16.5. The minimum Gasteiger partial charge on any atom is -0.497 e. The predicted octanol–water partition coefficient (Wildman–Crippen LogP) is 1.38. The van der Waals surface area contributed by atoms with Crippen molar-refractivity contribution in [3.8, 4) is 17.1 Å². The fourth-order valence-electron chi connectivity index (χ4n) is 2.79. The van der Waals surface area contributed by atoms with Crippen LogP contribution in [0.25, 0.3) is 11.4 Å². The zero-order valence-corrected chi connectivity index (χ0v) is 15.0. The van der Waals surface area contributed by atoms with E-state index < -0.39 is 12.1 Å². The van der Waals surface area contributed by atoms with Crippen molar-refractivity contribution in [3.63, 3.8) is 0 Å². The number of rotatable bonds is 7. The lowest BCUT2D eigenvalue weighted by molar-refractivity contribution is -0.159. The van der Waals surface area contributed by atoms with Gasteiger partial charge in [0.25, 0.3) is 0 Å². The summed E-state index contributed by atoms with van der Waals surface area (Å²) in [6.45, 7) is 0.721. The van der Waals surface area contributed by atoms with Crippen LogP contribution in [0.3, 0.4) is 0 Å². The summed E-state index contributed by atoms with van der Waals surface area (Å²) in [5.74, 6) is 0.536. The second-order valence-electron chi connectivity index (χ2n) is 6.13. The van der Waals surface area contributed by atoms with Gasteiger partial charge in [-0.2, -0.15) is 4.98 Å². The fourth-order valence-corrected chi connectivity index (χ4v) is 2.79. The number of morpholine rings is 1. The zero-order chi connectivity index (χ0) is 19.2. The molecule has 1 fully saturated rings. The van der Waals surface area contributed by atoms with Gasteiger partial charge in [-0.05, 0) is 30.7 Å². The number of aliphatic carboxylic acids is 1. The van der Waals surface area contributed by atoms with E-state index in [1.165, 1.54) is 4.90 Å². The molecule has 0 saturated carbocycles.